The molecule has 3 nitrogen and oxygen atoms in total. The van der Waals surface area contributed by atoms with Crippen LogP contribution in [0.3, 0.4) is 0 Å². The van der Waals surface area contributed by atoms with Crippen LogP contribution < -0.4 is 5.73 Å². The molecule has 0 aliphatic heterocycles. The van der Waals surface area contributed by atoms with E-state index >= 15 is 0 Å². The Morgan fingerprint density at radius 3 is 2.70 bits per heavy atom. The van der Waals surface area contributed by atoms with E-state index in [1.165, 1.54) is 23.5 Å². The van der Waals surface area contributed by atoms with E-state index in [1.54, 1.807) is 0 Å². The van der Waals surface area contributed by atoms with Crippen molar-refractivity contribution in [3.05, 3.63) is 45.8 Å². The molecule has 0 saturated heterocycles. The van der Waals surface area contributed by atoms with Crippen molar-refractivity contribution in [3.63, 3.8) is 0 Å². The number of aromatic amines is 1. The van der Waals surface area contributed by atoms with Gasteiger partial charge in [0.05, 0.1) is 16.1 Å². The molecule has 0 aliphatic carbocycles. The molecule has 0 aliphatic rings. The van der Waals surface area contributed by atoms with Crippen LogP contribution in [0, 0.1) is 11.6 Å². The second-order valence-electron chi connectivity index (χ2n) is 4.08. The predicted octanol–water partition coefficient (Wildman–Crippen LogP) is 4.43. The van der Waals surface area contributed by atoms with Crippen molar-refractivity contribution in [2.24, 2.45) is 0 Å². The van der Waals surface area contributed by atoms with Gasteiger partial charge in [-0.05, 0) is 39.5 Å². The van der Waals surface area contributed by atoms with Crippen LogP contribution in [0.5, 0.6) is 0 Å². The van der Waals surface area contributed by atoms with Crippen molar-refractivity contribution in [1.29, 1.82) is 0 Å². The summed E-state index contributed by atoms with van der Waals surface area (Å²) in [5.41, 5.74) is 7.08. The first-order valence-electron chi connectivity index (χ1n) is 5.60. The number of nitrogen functional groups attached to an aromatic ring is 1. The lowest BCUT2D eigenvalue weighted by molar-refractivity contribution is 0.585. The molecule has 0 saturated carbocycles. The molecule has 0 fully saturated rings. The van der Waals surface area contributed by atoms with Crippen LogP contribution >= 0.6 is 27.3 Å². The molecule has 1 aromatic carbocycles. The van der Waals surface area contributed by atoms with Crippen LogP contribution in [-0.2, 0) is 0 Å². The molecule has 20 heavy (non-hydrogen) atoms. The van der Waals surface area contributed by atoms with Gasteiger partial charge in [-0.1, -0.05) is 0 Å². The number of benzene rings is 1. The van der Waals surface area contributed by atoms with E-state index in [1.807, 2.05) is 11.4 Å². The van der Waals surface area contributed by atoms with Crippen molar-refractivity contribution < 1.29 is 8.78 Å². The number of nitrogens with two attached hydrogens (primary N) is 1. The number of hydrogen-bond donors (Lipinski definition) is 2. The Kier molecular flexibility index (Phi) is 3.31. The van der Waals surface area contributed by atoms with E-state index in [0.717, 1.165) is 15.4 Å². The fourth-order valence-electron chi connectivity index (χ4n) is 1.96. The first-order valence-corrected chi connectivity index (χ1v) is 7.28. The summed E-state index contributed by atoms with van der Waals surface area (Å²) in [5.74, 6) is -1.13. The lowest BCUT2D eigenvalue weighted by Gasteiger charge is -2.05. The molecule has 2 aromatic heterocycles. The van der Waals surface area contributed by atoms with Crippen molar-refractivity contribution in [3.8, 4) is 21.7 Å². The Balaban J connectivity index is 2.24. The van der Waals surface area contributed by atoms with Gasteiger partial charge in [-0.15, -0.1) is 11.3 Å². The van der Waals surface area contributed by atoms with Crippen molar-refractivity contribution in [1.82, 2.24) is 10.2 Å². The summed E-state index contributed by atoms with van der Waals surface area (Å²) in [6.07, 6.45) is 0. The molecule has 0 atom stereocenters. The topological polar surface area (TPSA) is 54.7 Å². The van der Waals surface area contributed by atoms with Gasteiger partial charge in [0.25, 0.3) is 0 Å². The largest absolute Gasteiger partial charge is 0.382 e. The number of aromatic nitrogens is 2. The Morgan fingerprint density at radius 1 is 1.25 bits per heavy atom. The van der Waals surface area contributed by atoms with Crippen molar-refractivity contribution >= 4 is 33.1 Å². The predicted molar refractivity (Wildman–Crippen MR) is 79.4 cm³/mol. The van der Waals surface area contributed by atoms with Gasteiger partial charge in [-0.25, -0.2) is 8.78 Å². The molecule has 0 amide bonds. The lowest BCUT2D eigenvalue weighted by Crippen LogP contribution is -1.92. The first kappa shape index (κ1) is 13.3. The first-order chi connectivity index (χ1) is 9.58. The van der Waals surface area contributed by atoms with Crippen LogP contribution in [0.15, 0.2) is 34.1 Å². The van der Waals surface area contributed by atoms with Gasteiger partial charge >= 0.3 is 0 Å². The molecule has 2 heterocycles. The minimum absolute atomic E-state index is 0.172. The number of halogens is 3. The minimum atomic E-state index is -0.674. The maximum Gasteiger partial charge on any atom is 0.153 e. The van der Waals surface area contributed by atoms with E-state index in [0.29, 0.717) is 11.3 Å². The third-order valence-corrected chi connectivity index (χ3v) is 4.69. The summed E-state index contributed by atoms with van der Waals surface area (Å²) in [4.78, 5) is 0.855. The van der Waals surface area contributed by atoms with Gasteiger partial charge in [-0.3, -0.25) is 5.10 Å². The van der Waals surface area contributed by atoms with Crippen molar-refractivity contribution in [2.75, 3.05) is 5.73 Å². The molecule has 0 spiro atoms. The highest BCUT2D eigenvalue weighted by atomic mass is 79.9. The summed E-state index contributed by atoms with van der Waals surface area (Å²) in [6, 6.07) is 5.26. The van der Waals surface area contributed by atoms with Gasteiger partial charge in [0.15, 0.2) is 5.82 Å². The molecule has 0 unspecified atom stereocenters. The molecule has 0 bridgehead atoms. The molecular weight excluding hydrogens is 348 g/mol. The fourth-order valence-corrected chi connectivity index (χ4v) is 3.53. The monoisotopic (exact) mass is 355 g/mol. The maximum absolute atomic E-state index is 14.0. The van der Waals surface area contributed by atoms with Crippen LogP contribution in [0.1, 0.15) is 0 Å². The summed E-state index contributed by atoms with van der Waals surface area (Å²) in [7, 11) is 0. The fraction of sp³-hybridized carbons (Fsp3) is 0. The minimum Gasteiger partial charge on any atom is -0.382 e. The Morgan fingerprint density at radius 2 is 2.05 bits per heavy atom. The van der Waals surface area contributed by atoms with Crippen LogP contribution in [0.4, 0.5) is 14.6 Å². The van der Waals surface area contributed by atoms with Gasteiger partial charge in [0, 0.05) is 16.1 Å². The zero-order valence-electron chi connectivity index (χ0n) is 9.95. The number of H-pyrrole nitrogens is 1. The molecule has 7 heteroatoms. The smallest absolute Gasteiger partial charge is 0.153 e. The number of nitrogens with zero attached hydrogens (tertiary/aromatic N) is 1. The average molecular weight is 356 g/mol. The highest BCUT2D eigenvalue weighted by Crippen LogP contribution is 2.41. The molecule has 3 N–H and O–H groups in total. The Hall–Kier alpha value is -1.73. The number of hydrogen-bond acceptors (Lipinski definition) is 3. The van der Waals surface area contributed by atoms with E-state index in [-0.39, 0.29) is 11.4 Å². The van der Waals surface area contributed by atoms with Crippen LogP contribution in [0.25, 0.3) is 21.7 Å². The highest BCUT2D eigenvalue weighted by molar-refractivity contribution is 9.10. The van der Waals surface area contributed by atoms with Gasteiger partial charge in [0.1, 0.15) is 11.6 Å². The van der Waals surface area contributed by atoms with Crippen LogP contribution in [0.2, 0.25) is 0 Å². The summed E-state index contributed by atoms with van der Waals surface area (Å²) >= 11 is 4.88. The van der Waals surface area contributed by atoms with Crippen LogP contribution in [-0.4, -0.2) is 10.2 Å². The Bertz CT molecular complexity index is 782. The second-order valence-corrected chi connectivity index (χ2v) is 5.85. The molecule has 3 aromatic rings. The molecule has 3 rings (SSSR count). The normalized spacial score (nSPS) is 10.9. The molecule has 102 valence electrons. The number of anilines is 1. The lowest BCUT2D eigenvalue weighted by atomic mass is 10.0. The number of thiophene rings is 1. The summed E-state index contributed by atoms with van der Waals surface area (Å²) in [5, 5.41) is 8.62. The van der Waals surface area contributed by atoms with E-state index < -0.39 is 11.6 Å². The average Bonchev–Trinajstić information content (AvgIpc) is 2.96. The number of rotatable bonds is 2. The molecule has 0 radical (unpaired) electrons. The van der Waals surface area contributed by atoms with Crippen molar-refractivity contribution in [2.45, 2.75) is 0 Å². The van der Waals surface area contributed by atoms with Gasteiger partial charge < -0.3 is 5.73 Å². The third kappa shape index (κ3) is 2.12. The summed E-state index contributed by atoms with van der Waals surface area (Å²) in [6.45, 7) is 0. The standard InChI is InChI=1S/C13H8BrF2N3S/c14-8-3-4-20-12(8)11-10(13(17)19-18-11)7-2-1-6(15)5-9(7)16/h1-5H,(H3,17,18,19). The summed E-state index contributed by atoms with van der Waals surface area (Å²) < 4.78 is 27.9. The zero-order chi connectivity index (χ0) is 14.3. The van der Waals surface area contributed by atoms with E-state index in [4.69, 9.17) is 5.73 Å². The van der Waals surface area contributed by atoms with E-state index in [9.17, 15) is 8.78 Å². The third-order valence-electron chi connectivity index (χ3n) is 2.84. The zero-order valence-corrected chi connectivity index (χ0v) is 12.4. The van der Waals surface area contributed by atoms with Gasteiger partial charge in [0.2, 0.25) is 0 Å². The second kappa shape index (κ2) is 4.99. The quantitative estimate of drug-likeness (QED) is 0.714. The SMILES string of the molecule is Nc1n[nH]c(-c2sccc2Br)c1-c1ccc(F)cc1F. The Labute approximate surface area is 125 Å². The molecular formula is C13H8BrF2N3S. The number of nitrogens with one attached hydrogen (secondary N) is 1. The maximum atomic E-state index is 14.0. The van der Waals surface area contributed by atoms with Gasteiger partial charge in [-0.2, -0.15) is 5.10 Å². The van der Waals surface area contributed by atoms with E-state index in [2.05, 4.69) is 26.1 Å². The highest BCUT2D eigenvalue weighted by Gasteiger charge is 2.20.